The summed E-state index contributed by atoms with van der Waals surface area (Å²) in [6.07, 6.45) is 7.50. The van der Waals surface area contributed by atoms with Crippen molar-refractivity contribution in [2.75, 3.05) is 25.1 Å². The number of nitrogens with one attached hydrogen (secondary N) is 7. The predicted molar refractivity (Wildman–Crippen MR) is 241 cm³/mol. The van der Waals surface area contributed by atoms with E-state index in [1.807, 2.05) is 6.26 Å². The number of aliphatic imine (C=N–C) groups is 1. The average molecular weight is 938 g/mol. The van der Waals surface area contributed by atoms with Crippen LogP contribution in [0.2, 0.25) is 0 Å². The van der Waals surface area contributed by atoms with Crippen LogP contribution in [0.25, 0.3) is 0 Å². The quantitative estimate of drug-likeness (QED) is 0.0202. The Bertz CT molecular complexity index is 2120. The van der Waals surface area contributed by atoms with E-state index in [1.165, 1.54) is 41.7 Å². The number of aromatic nitrogens is 4. The molecule has 1 fully saturated rings. The van der Waals surface area contributed by atoms with Gasteiger partial charge in [0.15, 0.2) is 5.96 Å². The molecule has 1 saturated heterocycles. The number of rotatable bonds is 27. The third-order valence-corrected chi connectivity index (χ3v) is 11.2. The van der Waals surface area contributed by atoms with Crippen LogP contribution in [-0.2, 0) is 57.6 Å². The largest absolute Gasteiger partial charge is 0.480 e. The van der Waals surface area contributed by atoms with Gasteiger partial charge in [-0.2, -0.15) is 11.8 Å². The Labute approximate surface area is 384 Å². The summed E-state index contributed by atoms with van der Waals surface area (Å²) in [4.78, 5) is 127. The molecule has 7 atom stereocenters. The molecule has 0 unspecified atom stereocenters. The maximum absolute atomic E-state index is 14.5. The van der Waals surface area contributed by atoms with Crippen molar-refractivity contribution in [3.05, 3.63) is 72.3 Å². The number of primary amides is 1. The Morgan fingerprint density at radius 3 is 1.97 bits per heavy atom. The SMILES string of the molecule is CSCC[C@H](N)C(=O)N[C@@H](Cc1cnc[nH]1)C(=O)N[C@@H](CC(N)=O)C(=O)N[C@@H](Cc1cnc[nH]1)C(=O)N1CCC[C@H]1C(=O)N[C@@H](CCCN=C(N)N)C(=O)N[C@@H](Cc1ccccc1)C(=O)O. The smallest absolute Gasteiger partial charge is 0.326 e. The van der Waals surface area contributed by atoms with E-state index in [0.717, 1.165) is 0 Å². The van der Waals surface area contributed by atoms with Crippen LogP contribution in [0.4, 0.5) is 0 Å². The number of guanidine groups is 1. The van der Waals surface area contributed by atoms with Gasteiger partial charge in [-0.25, -0.2) is 14.8 Å². The first-order valence-electron chi connectivity index (χ1n) is 21.2. The van der Waals surface area contributed by atoms with Crippen LogP contribution in [0, 0.1) is 0 Å². The molecule has 4 rings (SSSR count). The van der Waals surface area contributed by atoms with Gasteiger partial charge in [-0.15, -0.1) is 0 Å². The monoisotopic (exact) mass is 937 g/mol. The van der Waals surface area contributed by atoms with Crippen molar-refractivity contribution in [3.63, 3.8) is 0 Å². The lowest BCUT2D eigenvalue weighted by molar-refractivity contribution is -0.143. The van der Waals surface area contributed by atoms with Gasteiger partial charge in [-0.05, 0) is 49.7 Å². The van der Waals surface area contributed by atoms with Gasteiger partial charge in [0, 0.05) is 56.1 Å². The molecule has 358 valence electrons. The summed E-state index contributed by atoms with van der Waals surface area (Å²) in [5.41, 5.74) is 24.0. The number of hydrogen-bond donors (Lipinski definition) is 12. The number of H-pyrrole nitrogens is 2. The maximum Gasteiger partial charge on any atom is 0.326 e. The fraction of sp³-hybridized carbons (Fsp3) is 0.488. The van der Waals surface area contributed by atoms with Gasteiger partial charge < -0.3 is 69.5 Å². The van der Waals surface area contributed by atoms with Gasteiger partial charge in [0.2, 0.25) is 41.4 Å². The molecule has 24 nitrogen and oxygen atoms in total. The first-order valence-corrected chi connectivity index (χ1v) is 22.6. The Kier molecular flexibility index (Phi) is 20.4. The molecule has 3 heterocycles. The lowest BCUT2D eigenvalue weighted by Crippen LogP contribution is -2.60. The standard InChI is InChI=1S/C41H59N15O9S/c1-66-14-11-26(42)34(58)52-28(16-24-19-46-21-49-24)36(60)53-29(18-33(43)57)37(61)54-30(17-25-20-47-22-50-25)39(63)56-13-6-10-32(56)38(62)51-27(9-5-12-48-41(44)45)35(59)55-31(40(64)65)15-23-7-3-2-4-8-23/h2-4,7-8,19-22,26-32H,5-6,9-18,42H2,1H3,(H2,43,57)(H,46,49)(H,47,50)(H,51,62)(H,52,58)(H,53,60)(H,54,61)(H,55,59)(H,64,65)(H4,44,45,48)/t26-,27-,28-,29-,30-,31-,32-/m0/s1. The minimum absolute atomic E-state index is 0.00454. The normalized spacial score (nSPS) is 16.0. The molecule has 1 aromatic carbocycles. The first kappa shape index (κ1) is 51.6. The molecular weight excluding hydrogens is 879 g/mol. The third kappa shape index (κ3) is 16.5. The molecule has 1 aliphatic rings. The summed E-state index contributed by atoms with van der Waals surface area (Å²) in [5, 5.41) is 22.9. The third-order valence-electron chi connectivity index (χ3n) is 10.5. The topological polar surface area (TPSA) is 394 Å². The van der Waals surface area contributed by atoms with Crippen molar-refractivity contribution in [2.24, 2.45) is 27.9 Å². The molecule has 1 aliphatic heterocycles. The van der Waals surface area contributed by atoms with Crippen molar-refractivity contribution < 1.29 is 43.5 Å². The number of nitrogens with two attached hydrogens (primary N) is 4. The molecule has 0 aliphatic carbocycles. The number of carbonyl (C=O) groups is 8. The van der Waals surface area contributed by atoms with Crippen molar-refractivity contribution in [3.8, 4) is 0 Å². The molecule has 3 aromatic rings. The van der Waals surface area contributed by atoms with Crippen LogP contribution < -0.4 is 49.5 Å². The molecule has 0 spiro atoms. The number of likely N-dealkylation sites (tertiary alicyclic amines) is 1. The van der Waals surface area contributed by atoms with E-state index < -0.39 is 96.0 Å². The first-order chi connectivity index (χ1) is 31.6. The second-order valence-electron chi connectivity index (χ2n) is 15.6. The number of thioether (sulfide) groups is 1. The van der Waals surface area contributed by atoms with Crippen LogP contribution in [0.15, 0.2) is 60.4 Å². The molecule has 16 N–H and O–H groups in total. The number of benzene rings is 1. The highest BCUT2D eigenvalue weighted by Crippen LogP contribution is 2.21. The van der Waals surface area contributed by atoms with Gasteiger partial charge in [-0.1, -0.05) is 30.3 Å². The number of amides is 7. The van der Waals surface area contributed by atoms with Gasteiger partial charge >= 0.3 is 5.97 Å². The number of aromatic amines is 2. The maximum atomic E-state index is 14.5. The number of nitrogens with zero attached hydrogens (tertiary/aromatic N) is 4. The summed E-state index contributed by atoms with van der Waals surface area (Å²) in [5.74, 6) is -6.57. The van der Waals surface area contributed by atoms with Crippen molar-refractivity contribution in [1.29, 1.82) is 0 Å². The van der Waals surface area contributed by atoms with Crippen LogP contribution in [0.5, 0.6) is 0 Å². The van der Waals surface area contributed by atoms with E-state index in [2.05, 4.69) is 51.5 Å². The number of carboxylic acid groups (broad SMARTS) is 1. The summed E-state index contributed by atoms with van der Waals surface area (Å²) in [6.45, 7) is 0.169. The molecule has 0 radical (unpaired) electrons. The molecule has 2 aromatic heterocycles. The number of imidazole rings is 2. The predicted octanol–water partition coefficient (Wildman–Crippen LogP) is -3.33. The van der Waals surface area contributed by atoms with E-state index in [4.69, 9.17) is 22.9 Å². The van der Waals surface area contributed by atoms with Crippen LogP contribution >= 0.6 is 11.8 Å². The average Bonchev–Trinajstić information content (AvgIpc) is 4.10. The van der Waals surface area contributed by atoms with Gasteiger partial charge in [0.05, 0.1) is 25.1 Å². The van der Waals surface area contributed by atoms with E-state index in [9.17, 15) is 43.5 Å². The Hall–Kier alpha value is -7.02. The number of carboxylic acids is 1. The highest BCUT2D eigenvalue weighted by molar-refractivity contribution is 7.98. The summed E-state index contributed by atoms with van der Waals surface area (Å²) in [7, 11) is 0. The highest BCUT2D eigenvalue weighted by Gasteiger charge is 2.40. The van der Waals surface area contributed by atoms with Gasteiger partial charge in [0.1, 0.15) is 36.3 Å². The van der Waals surface area contributed by atoms with Gasteiger partial charge in [0.25, 0.3) is 0 Å². The highest BCUT2D eigenvalue weighted by atomic mass is 32.2. The minimum atomic E-state index is -1.63. The fourth-order valence-corrected chi connectivity index (χ4v) is 7.61. The zero-order chi connectivity index (χ0) is 48.2. The molecule has 0 saturated carbocycles. The Morgan fingerprint density at radius 2 is 1.38 bits per heavy atom. The number of hydrogen-bond acceptors (Lipinski definition) is 13. The second-order valence-corrected chi connectivity index (χ2v) is 16.6. The Morgan fingerprint density at radius 1 is 0.788 bits per heavy atom. The van der Waals surface area contributed by atoms with Crippen molar-refractivity contribution >= 4 is 65.0 Å². The van der Waals surface area contributed by atoms with Crippen LogP contribution in [0.3, 0.4) is 0 Å². The summed E-state index contributed by atoms with van der Waals surface area (Å²) in [6, 6.07) is -0.361. The van der Waals surface area contributed by atoms with E-state index in [0.29, 0.717) is 35.5 Å². The number of aliphatic carboxylic acids is 1. The molecular formula is C41H59N15O9S. The van der Waals surface area contributed by atoms with Gasteiger partial charge in [-0.3, -0.25) is 38.6 Å². The zero-order valence-corrected chi connectivity index (χ0v) is 37.3. The zero-order valence-electron chi connectivity index (χ0n) is 36.4. The lowest BCUT2D eigenvalue weighted by atomic mass is 10.0. The second kappa shape index (κ2) is 26.1. The lowest BCUT2D eigenvalue weighted by Gasteiger charge is -2.31. The number of carbonyl (C=O) groups excluding carboxylic acids is 7. The molecule has 7 amide bonds. The van der Waals surface area contributed by atoms with E-state index >= 15 is 0 Å². The summed E-state index contributed by atoms with van der Waals surface area (Å²) < 4.78 is 0. The van der Waals surface area contributed by atoms with E-state index in [1.54, 1.807) is 30.3 Å². The van der Waals surface area contributed by atoms with Crippen molar-refractivity contribution in [1.82, 2.24) is 51.4 Å². The summed E-state index contributed by atoms with van der Waals surface area (Å²) >= 11 is 1.49. The molecule has 66 heavy (non-hydrogen) atoms. The van der Waals surface area contributed by atoms with Crippen LogP contribution in [-0.4, -0.2) is 151 Å². The van der Waals surface area contributed by atoms with Crippen LogP contribution in [0.1, 0.15) is 55.5 Å². The van der Waals surface area contributed by atoms with E-state index in [-0.39, 0.29) is 57.6 Å². The fourth-order valence-electron chi connectivity index (χ4n) is 7.12. The molecule has 25 heteroatoms. The Balaban J connectivity index is 1.54. The van der Waals surface area contributed by atoms with Crippen molar-refractivity contribution in [2.45, 2.75) is 100 Å². The molecule has 0 bridgehead atoms. The minimum Gasteiger partial charge on any atom is -0.480 e.